The predicted molar refractivity (Wildman–Crippen MR) is 68.2 cm³/mol. The van der Waals surface area contributed by atoms with Crippen molar-refractivity contribution in [2.24, 2.45) is 7.05 Å². The van der Waals surface area contributed by atoms with E-state index >= 15 is 0 Å². The molecule has 3 heteroatoms. The molecule has 0 aliphatic heterocycles. The van der Waals surface area contributed by atoms with E-state index in [1.54, 1.807) is 0 Å². The third-order valence-electron chi connectivity index (χ3n) is 3.72. The van der Waals surface area contributed by atoms with Crippen molar-refractivity contribution in [3.8, 4) is 0 Å². The van der Waals surface area contributed by atoms with Gasteiger partial charge < -0.3 is 9.67 Å². The molecule has 0 radical (unpaired) electrons. The summed E-state index contributed by atoms with van der Waals surface area (Å²) >= 11 is 0. The predicted octanol–water partition coefficient (Wildman–Crippen LogP) is 2.55. The molecule has 90 valence electrons. The number of fused-ring (bicyclic) bond motifs is 1. The molecule has 1 heterocycles. The monoisotopic (exact) mass is 230 g/mol. The second-order valence-corrected chi connectivity index (χ2v) is 5.14. The van der Waals surface area contributed by atoms with Gasteiger partial charge in [-0.05, 0) is 30.5 Å². The summed E-state index contributed by atoms with van der Waals surface area (Å²) in [5, 5.41) is 9.19. The van der Waals surface area contributed by atoms with Crippen molar-refractivity contribution < 1.29 is 5.11 Å². The lowest BCUT2D eigenvalue weighted by Crippen LogP contribution is -1.98. The highest BCUT2D eigenvalue weighted by atomic mass is 16.3. The zero-order valence-electron chi connectivity index (χ0n) is 10.3. The molecule has 1 saturated carbocycles. The summed E-state index contributed by atoms with van der Waals surface area (Å²) < 4.78 is 2.21. The van der Waals surface area contributed by atoms with Gasteiger partial charge in [-0.1, -0.05) is 13.0 Å². The van der Waals surface area contributed by atoms with Crippen LogP contribution in [0.4, 0.5) is 0 Å². The van der Waals surface area contributed by atoms with Crippen molar-refractivity contribution in [1.82, 2.24) is 9.55 Å². The van der Waals surface area contributed by atoms with Gasteiger partial charge >= 0.3 is 0 Å². The number of hydrogen-bond acceptors (Lipinski definition) is 2. The fourth-order valence-electron chi connectivity index (χ4n) is 2.35. The van der Waals surface area contributed by atoms with E-state index in [0.717, 1.165) is 5.52 Å². The Labute approximate surface area is 101 Å². The standard InChI is InChI=1S/C14H18N2O/c1-9(8-17)11-5-6-13-12(7-11)15-14(16(13)2)10-3-4-10/h5-7,9-10,17H,3-4,8H2,1-2H3. The molecule has 0 bridgehead atoms. The van der Waals surface area contributed by atoms with Crippen LogP contribution in [-0.4, -0.2) is 21.3 Å². The van der Waals surface area contributed by atoms with E-state index in [1.165, 1.54) is 29.7 Å². The summed E-state index contributed by atoms with van der Waals surface area (Å²) in [6, 6.07) is 6.33. The number of imidazole rings is 1. The summed E-state index contributed by atoms with van der Waals surface area (Å²) in [5.41, 5.74) is 3.42. The van der Waals surface area contributed by atoms with Crippen molar-refractivity contribution >= 4 is 11.0 Å². The first-order chi connectivity index (χ1) is 8.20. The van der Waals surface area contributed by atoms with Gasteiger partial charge in [-0.25, -0.2) is 4.98 Å². The van der Waals surface area contributed by atoms with Crippen molar-refractivity contribution in [2.45, 2.75) is 31.6 Å². The molecular formula is C14H18N2O. The third kappa shape index (κ3) is 1.75. The lowest BCUT2D eigenvalue weighted by molar-refractivity contribution is 0.273. The van der Waals surface area contributed by atoms with Crippen LogP contribution in [0.1, 0.15) is 43.0 Å². The van der Waals surface area contributed by atoms with Crippen LogP contribution in [-0.2, 0) is 7.05 Å². The van der Waals surface area contributed by atoms with Gasteiger partial charge in [-0.3, -0.25) is 0 Å². The van der Waals surface area contributed by atoms with Gasteiger partial charge in [0.15, 0.2) is 0 Å². The second-order valence-electron chi connectivity index (χ2n) is 5.14. The zero-order valence-corrected chi connectivity index (χ0v) is 10.3. The lowest BCUT2D eigenvalue weighted by Gasteiger charge is -2.07. The third-order valence-corrected chi connectivity index (χ3v) is 3.72. The van der Waals surface area contributed by atoms with Crippen molar-refractivity contribution in [1.29, 1.82) is 0 Å². The molecule has 1 unspecified atom stereocenters. The number of nitrogens with zero attached hydrogens (tertiary/aromatic N) is 2. The summed E-state index contributed by atoms with van der Waals surface area (Å²) in [5.74, 6) is 2.07. The van der Waals surface area contributed by atoms with Crippen LogP contribution in [0, 0.1) is 0 Å². The Bertz CT molecular complexity index is 555. The molecule has 17 heavy (non-hydrogen) atoms. The quantitative estimate of drug-likeness (QED) is 0.880. The highest BCUT2D eigenvalue weighted by Crippen LogP contribution is 2.40. The van der Waals surface area contributed by atoms with Gasteiger partial charge in [0.25, 0.3) is 0 Å². The Balaban J connectivity index is 2.10. The van der Waals surface area contributed by atoms with Crippen LogP contribution >= 0.6 is 0 Å². The largest absolute Gasteiger partial charge is 0.396 e. The second kappa shape index (κ2) is 3.84. The molecule has 1 atom stereocenters. The van der Waals surface area contributed by atoms with E-state index in [0.29, 0.717) is 5.92 Å². The highest BCUT2D eigenvalue weighted by molar-refractivity contribution is 5.77. The number of aryl methyl sites for hydroxylation is 1. The molecule has 1 aromatic heterocycles. The molecule has 0 spiro atoms. The Morgan fingerprint density at radius 1 is 1.47 bits per heavy atom. The molecular weight excluding hydrogens is 212 g/mol. The minimum absolute atomic E-state index is 0.186. The molecule has 1 N–H and O–H groups in total. The van der Waals surface area contributed by atoms with Gasteiger partial charge in [-0.15, -0.1) is 0 Å². The van der Waals surface area contributed by atoms with Gasteiger partial charge in [-0.2, -0.15) is 0 Å². The Hall–Kier alpha value is -1.35. The summed E-state index contributed by atoms with van der Waals surface area (Å²) in [6.45, 7) is 2.22. The number of aliphatic hydroxyl groups excluding tert-OH is 1. The van der Waals surface area contributed by atoms with Crippen LogP contribution in [0.15, 0.2) is 18.2 Å². The van der Waals surface area contributed by atoms with Crippen molar-refractivity contribution in [3.63, 3.8) is 0 Å². The van der Waals surface area contributed by atoms with Crippen LogP contribution < -0.4 is 0 Å². The fourth-order valence-corrected chi connectivity index (χ4v) is 2.35. The van der Waals surface area contributed by atoms with Crippen LogP contribution in [0.2, 0.25) is 0 Å². The Kier molecular flexibility index (Phi) is 2.44. The van der Waals surface area contributed by atoms with Crippen LogP contribution in [0.3, 0.4) is 0 Å². The summed E-state index contributed by atoms with van der Waals surface area (Å²) in [6.07, 6.45) is 2.55. The van der Waals surface area contributed by atoms with Gasteiger partial charge in [0.1, 0.15) is 5.82 Å². The fraction of sp³-hybridized carbons (Fsp3) is 0.500. The molecule has 1 aliphatic rings. The van der Waals surface area contributed by atoms with Crippen molar-refractivity contribution in [3.05, 3.63) is 29.6 Å². The van der Waals surface area contributed by atoms with Gasteiger partial charge in [0, 0.05) is 25.5 Å². The number of hydrogen-bond donors (Lipinski definition) is 1. The number of aromatic nitrogens is 2. The normalized spacial score (nSPS) is 17.6. The molecule has 2 aromatic rings. The maximum atomic E-state index is 9.19. The topological polar surface area (TPSA) is 38.1 Å². The number of benzene rings is 1. The summed E-state index contributed by atoms with van der Waals surface area (Å²) in [4.78, 5) is 4.73. The first-order valence-corrected chi connectivity index (χ1v) is 6.28. The molecule has 3 rings (SSSR count). The van der Waals surface area contributed by atoms with E-state index in [2.05, 4.69) is 29.8 Å². The van der Waals surface area contributed by atoms with E-state index < -0.39 is 0 Å². The first kappa shape index (κ1) is 10.8. The first-order valence-electron chi connectivity index (χ1n) is 6.28. The Morgan fingerprint density at radius 2 is 2.24 bits per heavy atom. The zero-order chi connectivity index (χ0) is 12.0. The van der Waals surface area contributed by atoms with Gasteiger partial charge in [0.05, 0.1) is 11.0 Å². The van der Waals surface area contributed by atoms with E-state index in [1.807, 2.05) is 6.92 Å². The average molecular weight is 230 g/mol. The molecule has 1 aromatic carbocycles. The molecule has 1 aliphatic carbocycles. The highest BCUT2D eigenvalue weighted by Gasteiger charge is 2.28. The Morgan fingerprint density at radius 3 is 2.88 bits per heavy atom. The molecule has 0 saturated heterocycles. The van der Waals surface area contributed by atoms with Crippen LogP contribution in [0.5, 0.6) is 0 Å². The maximum absolute atomic E-state index is 9.19. The lowest BCUT2D eigenvalue weighted by atomic mass is 10.0. The van der Waals surface area contributed by atoms with Crippen molar-refractivity contribution in [2.75, 3.05) is 6.61 Å². The number of rotatable bonds is 3. The van der Waals surface area contributed by atoms with E-state index in [4.69, 9.17) is 4.98 Å². The minimum Gasteiger partial charge on any atom is -0.396 e. The minimum atomic E-state index is 0.186. The summed E-state index contributed by atoms with van der Waals surface area (Å²) in [7, 11) is 2.10. The smallest absolute Gasteiger partial charge is 0.112 e. The SMILES string of the molecule is CC(CO)c1ccc2c(c1)nc(C1CC1)n2C. The number of aliphatic hydroxyl groups is 1. The van der Waals surface area contributed by atoms with Crippen LogP contribution in [0.25, 0.3) is 11.0 Å². The molecule has 0 amide bonds. The van der Waals surface area contributed by atoms with E-state index in [9.17, 15) is 5.11 Å². The van der Waals surface area contributed by atoms with E-state index in [-0.39, 0.29) is 12.5 Å². The van der Waals surface area contributed by atoms with Gasteiger partial charge in [0.2, 0.25) is 0 Å². The maximum Gasteiger partial charge on any atom is 0.112 e. The average Bonchev–Trinajstić information content (AvgIpc) is 3.14. The molecule has 1 fully saturated rings. The molecule has 3 nitrogen and oxygen atoms in total.